The van der Waals surface area contributed by atoms with Gasteiger partial charge in [0.25, 0.3) is 0 Å². The van der Waals surface area contributed by atoms with Crippen LogP contribution in [0.3, 0.4) is 0 Å². The number of hydrogen-bond donors (Lipinski definition) is 0. The molecule has 26 heavy (non-hydrogen) atoms. The Bertz CT molecular complexity index is 695. The zero-order valence-corrected chi connectivity index (χ0v) is 14.7. The van der Waals surface area contributed by atoms with Crippen LogP contribution in [0, 0.1) is 0 Å². The fourth-order valence-electron chi connectivity index (χ4n) is 2.36. The van der Waals surface area contributed by atoms with E-state index < -0.39 is 0 Å². The van der Waals surface area contributed by atoms with E-state index in [1.807, 2.05) is 36.4 Å². The van der Waals surface area contributed by atoms with Crippen LogP contribution in [-0.2, 0) is 0 Å². The van der Waals surface area contributed by atoms with Crippen molar-refractivity contribution in [1.82, 2.24) is 9.97 Å². The minimum absolute atomic E-state index is 0.720. The van der Waals surface area contributed by atoms with Gasteiger partial charge in [-0.1, -0.05) is 12.1 Å². The third kappa shape index (κ3) is 6.12. The van der Waals surface area contributed by atoms with E-state index in [9.17, 15) is 0 Å². The highest BCUT2D eigenvalue weighted by atomic mass is 14.8. The van der Waals surface area contributed by atoms with Gasteiger partial charge < -0.3 is 0 Å². The summed E-state index contributed by atoms with van der Waals surface area (Å²) < 4.78 is 0. The number of fused-ring (bicyclic) bond motifs is 4. The molecule has 0 saturated heterocycles. The van der Waals surface area contributed by atoms with Gasteiger partial charge in [-0.15, -0.1) is 0 Å². The highest BCUT2D eigenvalue weighted by Crippen LogP contribution is 1.98. The molecular formula is C20H22N6. The lowest BCUT2D eigenvalue weighted by Gasteiger charge is -1.98. The zero-order chi connectivity index (χ0) is 17.9. The Hall–Kier alpha value is -3.02. The Balaban J connectivity index is 1.70. The molecule has 2 aromatic heterocycles. The first-order valence-corrected chi connectivity index (χ1v) is 8.83. The maximum atomic E-state index is 4.51. The van der Waals surface area contributed by atoms with Crippen LogP contribution in [-0.4, -0.2) is 61.0 Å². The molecule has 0 fully saturated rings. The van der Waals surface area contributed by atoms with Crippen LogP contribution in [0.4, 0.5) is 0 Å². The minimum atomic E-state index is 0.720. The number of aliphatic imine (C=N–C) groups is 4. The van der Waals surface area contributed by atoms with Gasteiger partial charge in [-0.05, 0) is 37.1 Å². The third-order valence-electron chi connectivity index (χ3n) is 3.63. The first-order chi connectivity index (χ1) is 12.9. The second kappa shape index (κ2) is 10.1. The Kier molecular flexibility index (Phi) is 6.90. The zero-order valence-electron chi connectivity index (χ0n) is 14.7. The highest BCUT2D eigenvalue weighted by molar-refractivity contribution is 5.82. The van der Waals surface area contributed by atoms with E-state index >= 15 is 0 Å². The molecule has 6 nitrogen and oxygen atoms in total. The lowest BCUT2D eigenvalue weighted by Crippen LogP contribution is -1.97. The summed E-state index contributed by atoms with van der Waals surface area (Å²) >= 11 is 0. The predicted octanol–water partition coefficient (Wildman–Crippen LogP) is 2.65. The molecule has 0 amide bonds. The van der Waals surface area contributed by atoms with Gasteiger partial charge in [-0.3, -0.25) is 20.0 Å². The predicted molar refractivity (Wildman–Crippen MR) is 108 cm³/mol. The van der Waals surface area contributed by atoms with E-state index in [-0.39, 0.29) is 0 Å². The summed E-state index contributed by atoms with van der Waals surface area (Å²) in [5, 5.41) is 0. The van der Waals surface area contributed by atoms with Gasteiger partial charge >= 0.3 is 0 Å². The van der Waals surface area contributed by atoms with Gasteiger partial charge in [-0.25, -0.2) is 9.97 Å². The summed E-state index contributed by atoms with van der Waals surface area (Å²) in [6, 6.07) is 11.7. The number of rotatable bonds is 0. The van der Waals surface area contributed by atoms with Crippen LogP contribution in [0.1, 0.15) is 35.6 Å². The van der Waals surface area contributed by atoms with E-state index in [0.29, 0.717) is 0 Å². The molecular weight excluding hydrogens is 324 g/mol. The summed E-state index contributed by atoms with van der Waals surface area (Å²) in [7, 11) is 0. The Morgan fingerprint density at radius 3 is 1.08 bits per heavy atom. The topological polar surface area (TPSA) is 75.2 Å². The van der Waals surface area contributed by atoms with E-state index in [4.69, 9.17) is 0 Å². The van der Waals surface area contributed by atoms with Crippen molar-refractivity contribution < 1.29 is 0 Å². The van der Waals surface area contributed by atoms with E-state index in [1.165, 1.54) is 0 Å². The maximum absolute atomic E-state index is 4.51. The van der Waals surface area contributed by atoms with Crippen LogP contribution in [0.2, 0.25) is 0 Å². The van der Waals surface area contributed by atoms with Crippen molar-refractivity contribution in [1.29, 1.82) is 0 Å². The summed E-state index contributed by atoms with van der Waals surface area (Å²) in [6.45, 7) is 2.88. The molecule has 6 heteroatoms. The summed E-state index contributed by atoms with van der Waals surface area (Å²) in [4.78, 5) is 26.7. The number of pyridine rings is 2. The van der Waals surface area contributed by atoms with Crippen LogP contribution in [0.25, 0.3) is 0 Å². The highest BCUT2D eigenvalue weighted by Gasteiger charge is 1.95. The summed E-state index contributed by atoms with van der Waals surface area (Å²) in [5.41, 5.74) is 3.38. The normalized spacial score (nSPS) is 15.7. The molecule has 0 spiro atoms. The Labute approximate surface area is 153 Å². The number of hydrogen-bond acceptors (Lipinski definition) is 6. The van der Waals surface area contributed by atoms with Crippen LogP contribution < -0.4 is 0 Å². The molecule has 0 aromatic carbocycles. The van der Waals surface area contributed by atoms with Crippen LogP contribution >= 0.6 is 0 Å². The van der Waals surface area contributed by atoms with Crippen molar-refractivity contribution in [3.05, 3.63) is 59.2 Å². The van der Waals surface area contributed by atoms with Crippen molar-refractivity contribution in [3.63, 3.8) is 0 Å². The van der Waals surface area contributed by atoms with Gasteiger partial charge in [0.2, 0.25) is 0 Å². The maximum Gasteiger partial charge on any atom is 0.0815 e. The summed E-state index contributed by atoms with van der Waals surface area (Å²) in [5.74, 6) is 0. The lowest BCUT2D eigenvalue weighted by molar-refractivity contribution is 0.848. The molecule has 0 unspecified atom stereocenters. The second-order valence-electron chi connectivity index (χ2n) is 5.82. The molecule has 0 radical (unpaired) electrons. The fraction of sp³-hybridized carbons (Fsp3) is 0.300. The largest absolute Gasteiger partial charge is 0.291 e. The molecule has 1 aliphatic rings. The lowest BCUT2D eigenvalue weighted by atomic mass is 10.3. The molecule has 2 aromatic rings. The van der Waals surface area contributed by atoms with Crippen LogP contribution in [0.15, 0.2) is 56.4 Å². The molecule has 132 valence electrons. The van der Waals surface area contributed by atoms with Crippen molar-refractivity contribution >= 4 is 24.9 Å². The molecule has 3 heterocycles. The van der Waals surface area contributed by atoms with Gasteiger partial charge in [0, 0.05) is 51.0 Å². The van der Waals surface area contributed by atoms with Crippen molar-refractivity contribution in [3.8, 4) is 0 Å². The van der Waals surface area contributed by atoms with Gasteiger partial charge in [-0.2, -0.15) is 0 Å². The SMILES string of the molecule is C1=NCCCN=Cc2cccc(n2)C=NCCCN=Cc2cccc1n2. The average molecular weight is 346 g/mol. The number of aromatic nitrogens is 2. The third-order valence-corrected chi connectivity index (χ3v) is 3.63. The van der Waals surface area contributed by atoms with Gasteiger partial charge in [0.1, 0.15) is 0 Å². The molecule has 0 saturated carbocycles. The number of nitrogens with zero attached hydrogens (tertiary/aromatic N) is 6. The fourth-order valence-corrected chi connectivity index (χ4v) is 2.36. The molecule has 3 rings (SSSR count). The first-order valence-electron chi connectivity index (χ1n) is 8.83. The quantitative estimate of drug-likeness (QED) is 0.735. The minimum Gasteiger partial charge on any atom is -0.291 e. The molecule has 4 bridgehead atoms. The Morgan fingerprint density at radius 2 is 0.769 bits per heavy atom. The van der Waals surface area contributed by atoms with Gasteiger partial charge in [0.15, 0.2) is 0 Å². The first kappa shape index (κ1) is 17.8. The second-order valence-corrected chi connectivity index (χ2v) is 5.82. The van der Waals surface area contributed by atoms with Crippen molar-refractivity contribution in [2.45, 2.75) is 12.8 Å². The van der Waals surface area contributed by atoms with Crippen molar-refractivity contribution in [2.75, 3.05) is 26.2 Å². The summed E-state index contributed by atoms with van der Waals surface area (Å²) in [6.07, 6.45) is 8.99. The molecule has 1 aliphatic heterocycles. The van der Waals surface area contributed by atoms with Gasteiger partial charge in [0.05, 0.1) is 22.8 Å². The van der Waals surface area contributed by atoms with Crippen molar-refractivity contribution in [2.24, 2.45) is 20.0 Å². The molecule has 0 N–H and O–H groups in total. The average Bonchev–Trinajstić information content (AvgIpc) is 2.66. The standard InChI is InChI=1S/C20H22N6/c1-5-17-13-21-9-3-11-23-15-19-7-2-8-20(26-19)16-24-12-4-10-22-14-18(6-1)25-17/h1-2,5-8,13-16H,3-4,9-12H2. The monoisotopic (exact) mass is 346 g/mol. The smallest absolute Gasteiger partial charge is 0.0815 e. The van der Waals surface area contributed by atoms with E-state index in [0.717, 1.165) is 61.8 Å². The molecule has 0 aliphatic carbocycles. The Morgan fingerprint density at radius 1 is 0.462 bits per heavy atom. The van der Waals surface area contributed by atoms with Crippen LogP contribution in [0.5, 0.6) is 0 Å². The van der Waals surface area contributed by atoms with E-state index in [1.54, 1.807) is 24.9 Å². The van der Waals surface area contributed by atoms with E-state index in [2.05, 4.69) is 29.9 Å². The molecule has 0 atom stereocenters.